The molecule has 0 aromatic heterocycles. The van der Waals surface area contributed by atoms with Crippen LogP contribution in [-0.4, -0.2) is 51.8 Å². The Morgan fingerprint density at radius 3 is 1.86 bits per heavy atom. The smallest absolute Gasteiger partial charge is 0.246 e. The highest BCUT2D eigenvalue weighted by atomic mass is 16.5. The number of rotatable bonds is 14. The summed E-state index contributed by atoms with van der Waals surface area (Å²) in [6.45, 7) is 19.1. The molecule has 166 valence electrons. The van der Waals surface area contributed by atoms with Crippen molar-refractivity contribution >= 4 is 11.8 Å². The molecule has 0 bridgehead atoms. The summed E-state index contributed by atoms with van der Waals surface area (Å²) >= 11 is 0. The SMILES string of the molecule is CCC(C)(C)CC(C)C(=O)NCC(C)(C)COCC(C)(C)CNC(=O)COC. The Balaban J connectivity index is 4.29. The van der Waals surface area contributed by atoms with Crippen molar-refractivity contribution in [3.63, 3.8) is 0 Å². The first kappa shape index (κ1) is 26.9. The van der Waals surface area contributed by atoms with E-state index >= 15 is 0 Å². The van der Waals surface area contributed by atoms with Crippen LogP contribution in [0.15, 0.2) is 0 Å². The fourth-order valence-electron chi connectivity index (χ4n) is 2.79. The third-order valence-corrected chi connectivity index (χ3v) is 5.03. The molecule has 6 nitrogen and oxygen atoms in total. The van der Waals surface area contributed by atoms with E-state index in [0.717, 1.165) is 12.8 Å². The third-order valence-electron chi connectivity index (χ3n) is 5.03. The number of amides is 2. The maximum absolute atomic E-state index is 12.4. The van der Waals surface area contributed by atoms with E-state index in [4.69, 9.17) is 9.47 Å². The molecule has 2 N–H and O–H groups in total. The minimum absolute atomic E-state index is 0.00122. The standard InChI is InChI=1S/C22H44N2O4/c1-10-20(3,4)11-17(2)19(26)24-14-22(7,8)16-28-15-21(5,6)13-23-18(25)12-27-9/h17H,10-16H2,1-9H3,(H,23,25)(H,24,26). The van der Waals surface area contributed by atoms with Crippen LogP contribution in [0.4, 0.5) is 0 Å². The van der Waals surface area contributed by atoms with Gasteiger partial charge in [-0.25, -0.2) is 0 Å². The van der Waals surface area contributed by atoms with Crippen LogP contribution in [-0.2, 0) is 19.1 Å². The van der Waals surface area contributed by atoms with Gasteiger partial charge in [-0.3, -0.25) is 9.59 Å². The van der Waals surface area contributed by atoms with E-state index in [-0.39, 0.29) is 40.6 Å². The summed E-state index contributed by atoms with van der Waals surface area (Å²) < 4.78 is 10.7. The zero-order valence-corrected chi connectivity index (χ0v) is 19.7. The normalized spacial score (nSPS) is 13.9. The van der Waals surface area contributed by atoms with Gasteiger partial charge in [0.25, 0.3) is 0 Å². The van der Waals surface area contributed by atoms with Crippen LogP contribution >= 0.6 is 0 Å². The van der Waals surface area contributed by atoms with Crippen molar-refractivity contribution in [2.24, 2.45) is 22.2 Å². The van der Waals surface area contributed by atoms with Gasteiger partial charge in [0.05, 0.1) is 13.2 Å². The summed E-state index contributed by atoms with van der Waals surface area (Å²) in [7, 11) is 1.50. The molecule has 0 rings (SSSR count). The van der Waals surface area contributed by atoms with E-state index in [1.54, 1.807) is 0 Å². The van der Waals surface area contributed by atoms with E-state index in [1.165, 1.54) is 7.11 Å². The van der Waals surface area contributed by atoms with Crippen molar-refractivity contribution in [3.8, 4) is 0 Å². The number of carbonyl (C=O) groups is 2. The monoisotopic (exact) mass is 400 g/mol. The van der Waals surface area contributed by atoms with Crippen LogP contribution in [0.25, 0.3) is 0 Å². The average Bonchev–Trinajstić information content (AvgIpc) is 2.57. The van der Waals surface area contributed by atoms with E-state index in [0.29, 0.717) is 26.3 Å². The van der Waals surface area contributed by atoms with Gasteiger partial charge in [0.15, 0.2) is 0 Å². The molecule has 0 aliphatic heterocycles. The lowest BCUT2D eigenvalue weighted by Gasteiger charge is -2.30. The number of nitrogens with one attached hydrogen (secondary N) is 2. The Morgan fingerprint density at radius 2 is 1.39 bits per heavy atom. The highest BCUT2D eigenvalue weighted by Gasteiger charge is 2.26. The minimum atomic E-state index is -0.178. The van der Waals surface area contributed by atoms with Gasteiger partial charge in [0.1, 0.15) is 6.61 Å². The molecule has 1 unspecified atom stereocenters. The molecule has 0 heterocycles. The number of methoxy groups -OCH3 is 1. The van der Waals surface area contributed by atoms with Crippen LogP contribution in [0.1, 0.15) is 68.2 Å². The molecule has 0 aliphatic rings. The quantitative estimate of drug-likeness (QED) is 0.468. The van der Waals surface area contributed by atoms with Gasteiger partial charge in [-0.1, -0.05) is 61.8 Å². The predicted octanol–water partition coefficient (Wildman–Crippen LogP) is 3.40. The van der Waals surface area contributed by atoms with Gasteiger partial charge < -0.3 is 20.1 Å². The van der Waals surface area contributed by atoms with Crippen LogP contribution in [0.2, 0.25) is 0 Å². The highest BCUT2D eigenvalue weighted by molar-refractivity contribution is 5.78. The van der Waals surface area contributed by atoms with Crippen LogP contribution in [0.5, 0.6) is 0 Å². The van der Waals surface area contributed by atoms with Crippen LogP contribution in [0.3, 0.4) is 0 Å². The second kappa shape index (κ2) is 11.8. The second-order valence-corrected chi connectivity index (χ2v) is 10.4. The van der Waals surface area contributed by atoms with E-state index < -0.39 is 0 Å². The van der Waals surface area contributed by atoms with Gasteiger partial charge in [-0.2, -0.15) is 0 Å². The molecule has 0 radical (unpaired) electrons. The van der Waals surface area contributed by atoms with E-state index in [9.17, 15) is 9.59 Å². The number of hydrogen-bond acceptors (Lipinski definition) is 4. The second-order valence-electron chi connectivity index (χ2n) is 10.4. The van der Waals surface area contributed by atoms with Crippen molar-refractivity contribution < 1.29 is 19.1 Å². The molecule has 0 fully saturated rings. The fourth-order valence-corrected chi connectivity index (χ4v) is 2.79. The van der Waals surface area contributed by atoms with Crippen LogP contribution < -0.4 is 10.6 Å². The minimum Gasteiger partial charge on any atom is -0.380 e. The Morgan fingerprint density at radius 1 is 0.893 bits per heavy atom. The molecule has 6 heteroatoms. The fraction of sp³-hybridized carbons (Fsp3) is 0.909. The number of carbonyl (C=O) groups excluding carboxylic acids is 2. The zero-order chi connectivity index (χ0) is 22.0. The predicted molar refractivity (Wildman–Crippen MR) is 114 cm³/mol. The average molecular weight is 401 g/mol. The van der Waals surface area contributed by atoms with Gasteiger partial charge in [-0.05, 0) is 11.8 Å². The van der Waals surface area contributed by atoms with E-state index in [2.05, 4.69) is 45.3 Å². The Hall–Kier alpha value is -1.14. The molecule has 0 aliphatic carbocycles. The summed E-state index contributed by atoms with van der Waals surface area (Å²) in [5.74, 6) is -0.0175. The summed E-state index contributed by atoms with van der Waals surface area (Å²) in [5, 5.41) is 5.93. The van der Waals surface area contributed by atoms with Crippen molar-refractivity contribution in [1.29, 1.82) is 0 Å². The van der Waals surface area contributed by atoms with Gasteiger partial charge in [0.2, 0.25) is 11.8 Å². The topological polar surface area (TPSA) is 76.7 Å². The first-order chi connectivity index (χ1) is 12.7. The number of ether oxygens (including phenoxy) is 2. The molecule has 1 atom stereocenters. The van der Waals surface area contributed by atoms with Crippen molar-refractivity contribution in [3.05, 3.63) is 0 Å². The molecule has 0 spiro atoms. The van der Waals surface area contributed by atoms with E-state index in [1.807, 2.05) is 20.8 Å². The largest absolute Gasteiger partial charge is 0.380 e. The summed E-state index contributed by atoms with van der Waals surface area (Å²) in [6.07, 6.45) is 1.95. The van der Waals surface area contributed by atoms with Crippen molar-refractivity contribution in [2.45, 2.75) is 68.2 Å². The van der Waals surface area contributed by atoms with Gasteiger partial charge >= 0.3 is 0 Å². The Bertz CT molecular complexity index is 487. The maximum atomic E-state index is 12.4. The molecule has 0 saturated carbocycles. The first-order valence-corrected chi connectivity index (χ1v) is 10.3. The first-order valence-electron chi connectivity index (χ1n) is 10.3. The molecule has 28 heavy (non-hydrogen) atoms. The van der Waals surface area contributed by atoms with Crippen molar-refractivity contribution in [2.75, 3.05) is 40.0 Å². The van der Waals surface area contributed by atoms with Crippen LogP contribution in [0, 0.1) is 22.2 Å². The van der Waals surface area contributed by atoms with Gasteiger partial charge in [-0.15, -0.1) is 0 Å². The van der Waals surface area contributed by atoms with Gasteiger partial charge in [0, 0.05) is 36.9 Å². The number of hydrogen-bond donors (Lipinski definition) is 2. The zero-order valence-electron chi connectivity index (χ0n) is 19.7. The molecule has 0 aromatic carbocycles. The molecular weight excluding hydrogens is 356 g/mol. The lowest BCUT2D eigenvalue weighted by Crippen LogP contribution is -2.41. The molecule has 0 aromatic rings. The lowest BCUT2D eigenvalue weighted by molar-refractivity contribution is -0.126. The molecular formula is C22H44N2O4. The summed E-state index contributed by atoms with van der Waals surface area (Å²) in [5.41, 5.74) is -0.159. The molecule has 0 saturated heterocycles. The maximum Gasteiger partial charge on any atom is 0.246 e. The Kier molecular flexibility index (Phi) is 11.3. The molecule has 2 amide bonds. The Labute approximate surface area is 172 Å². The summed E-state index contributed by atoms with van der Waals surface area (Å²) in [6, 6.07) is 0. The summed E-state index contributed by atoms with van der Waals surface area (Å²) in [4.78, 5) is 23.9. The lowest BCUT2D eigenvalue weighted by atomic mass is 9.81. The van der Waals surface area contributed by atoms with Crippen molar-refractivity contribution in [1.82, 2.24) is 10.6 Å². The highest BCUT2D eigenvalue weighted by Crippen LogP contribution is 2.29. The third kappa shape index (κ3) is 12.3.